The van der Waals surface area contributed by atoms with Crippen molar-refractivity contribution in [2.45, 2.75) is 194 Å². The van der Waals surface area contributed by atoms with E-state index in [4.69, 9.17) is 0 Å². The van der Waals surface area contributed by atoms with Crippen LogP contribution in [0.5, 0.6) is 23.0 Å². The summed E-state index contributed by atoms with van der Waals surface area (Å²) in [4.78, 5) is 0. The fourth-order valence-electron chi connectivity index (χ4n) is 11.7. The van der Waals surface area contributed by atoms with Crippen molar-refractivity contribution in [1.82, 2.24) is 39.1 Å². The fourth-order valence-corrected chi connectivity index (χ4v) is 11.7. The molecular formula is C84H108N8O4Y4-8. The molecule has 12 nitrogen and oxygen atoms in total. The first-order valence-electron chi connectivity index (χ1n) is 34.2. The summed E-state index contributed by atoms with van der Waals surface area (Å²) in [5.41, 5.74) is 14.1. The minimum absolute atomic E-state index is 0. The Labute approximate surface area is 702 Å². The van der Waals surface area contributed by atoms with E-state index in [1.165, 1.54) is 124 Å². The first-order chi connectivity index (χ1) is 46.2. The SMILES string of the molecule is C=Cc1c([CH2-])cccc1O.C=Cc1c([CH2-])cccc1O.C=Cc1c([CH2-])cccc1O.C=Cc1c([CH2-])cccc1O.CC(C)n1nccc1C1=[C-]CCCC1.CC(C)n1nccc1C1=[C-]CCCC1.CC(C)n1nccc1C1[CH-]CCCC1.CC(C)n1nccc1C1[CH-]CCCC1.[Y].[Y].[Y].[Y]. The predicted molar refractivity (Wildman–Crippen MR) is 402 cm³/mol. The molecule has 0 amide bonds. The molecular weight excluding hydrogens is 1540 g/mol. The maximum atomic E-state index is 9.18. The second kappa shape index (κ2) is 50.6. The van der Waals surface area contributed by atoms with Gasteiger partial charge in [0.25, 0.3) is 0 Å². The number of phenols is 4. The summed E-state index contributed by atoms with van der Waals surface area (Å²) in [5.74, 6) is 2.25. The van der Waals surface area contributed by atoms with Crippen LogP contribution in [0.1, 0.15) is 261 Å². The van der Waals surface area contributed by atoms with E-state index in [2.05, 4.69) is 198 Å². The number of nitrogens with zero attached hydrogens (tertiary/aromatic N) is 8. The summed E-state index contributed by atoms with van der Waals surface area (Å²) >= 11 is 0. The summed E-state index contributed by atoms with van der Waals surface area (Å²) in [7, 11) is 0. The fraction of sp³-hybridized carbons (Fsp3) is 0.357. The van der Waals surface area contributed by atoms with Crippen molar-refractivity contribution in [2.24, 2.45) is 0 Å². The molecule has 0 spiro atoms. The van der Waals surface area contributed by atoms with Crippen molar-refractivity contribution in [3.8, 4) is 23.0 Å². The van der Waals surface area contributed by atoms with Gasteiger partial charge in [-0.15, -0.1) is 99.6 Å². The zero-order valence-electron chi connectivity index (χ0n) is 61.1. The van der Waals surface area contributed by atoms with Gasteiger partial charge in [-0.05, 0) is 91.8 Å². The van der Waals surface area contributed by atoms with Crippen molar-refractivity contribution in [3.63, 3.8) is 0 Å². The smallest absolute Gasteiger partial charge is 0.0674 e. The van der Waals surface area contributed by atoms with Gasteiger partial charge in [-0.1, -0.05) is 123 Å². The van der Waals surface area contributed by atoms with Crippen molar-refractivity contribution in [3.05, 3.63) is 268 Å². The minimum atomic E-state index is 0. The molecule has 0 aliphatic heterocycles. The molecule has 2 fully saturated rings. The average Bonchev–Trinajstić information content (AvgIpc) is 1.74. The maximum Gasteiger partial charge on any atom is 0.0674 e. The van der Waals surface area contributed by atoms with Crippen molar-refractivity contribution >= 4 is 35.5 Å². The monoisotopic (exact) mass is 1650 g/mol. The van der Waals surface area contributed by atoms with Crippen LogP contribution in [-0.4, -0.2) is 59.5 Å². The topological polar surface area (TPSA) is 152 Å². The quantitative estimate of drug-likeness (QED) is 0.0883. The van der Waals surface area contributed by atoms with E-state index in [0.29, 0.717) is 58.3 Å². The van der Waals surface area contributed by atoms with Crippen LogP contribution in [-0.2, 0) is 131 Å². The van der Waals surface area contributed by atoms with Gasteiger partial charge >= 0.3 is 0 Å². The maximum absolute atomic E-state index is 9.18. The van der Waals surface area contributed by atoms with Crippen LogP contribution in [0.3, 0.4) is 0 Å². The van der Waals surface area contributed by atoms with Crippen molar-refractivity contribution in [2.75, 3.05) is 0 Å². The third-order valence-electron chi connectivity index (χ3n) is 16.8. The molecule has 12 rings (SSSR count). The Kier molecular flexibility index (Phi) is 47.2. The van der Waals surface area contributed by atoms with Gasteiger partial charge in [0, 0.05) is 191 Å². The molecule has 0 bridgehead atoms. The Hall–Kier alpha value is -4.74. The van der Waals surface area contributed by atoms with Gasteiger partial charge in [0.05, 0.1) is 23.0 Å². The molecule has 528 valence electrons. The average molecular weight is 1650 g/mol. The molecule has 4 aromatic carbocycles. The van der Waals surface area contributed by atoms with E-state index < -0.39 is 0 Å². The van der Waals surface area contributed by atoms with Crippen LogP contribution in [0.4, 0.5) is 0 Å². The molecule has 4 aromatic heterocycles. The summed E-state index contributed by atoms with van der Waals surface area (Å²) in [5, 5.41) is 54.2. The van der Waals surface area contributed by atoms with Crippen LogP contribution in [0, 0.1) is 52.7 Å². The van der Waals surface area contributed by atoms with Crippen LogP contribution in [0.2, 0.25) is 0 Å². The van der Waals surface area contributed by atoms with Crippen LogP contribution < -0.4 is 0 Å². The van der Waals surface area contributed by atoms with Gasteiger partial charge in [0.15, 0.2) is 0 Å². The Balaban J connectivity index is 0.000000571. The second-order valence-electron chi connectivity index (χ2n) is 25.3. The standard InChI is InChI=1S/2C12H19N2.2C12H17N2.4C9H9O.4Y/c4*1-10(2)14-12(8-9-13-14)11-6-4-3-5-7-11;4*1-3-8-7(2)5-4-6-9(8)10;;;;/h2*6,8-11H,3-5,7H2,1-2H3;2*8-10H,3-6H2,1-2H3;4*3-6,10H,1-2H2;;;;/q8*-1;;;;. The molecule has 2 unspecified atom stereocenters. The number of aromatic hydroxyl groups is 4. The van der Waals surface area contributed by atoms with Crippen LogP contribution >= 0.6 is 0 Å². The molecule has 0 saturated heterocycles. The first-order valence-corrected chi connectivity index (χ1v) is 34.2. The molecule has 4 aliphatic carbocycles. The molecule has 4 radical (unpaired) electrons. The third-order valence-corrected chi connectivity index (χ3v) is 16.8. The predicted octanol–water partition coefficient (Wildman–Crippen LogP) is 22.0. The van der Waals surface area contributed by atoms with Gasteiger partial charge in [0.1, 0.15) is 0 Å². The van der Waals surface area contributed by atoms with E-state index in [-0.39, 0.29) is 154 Å². The zero-order chi connectivity index (χ0) is 70.1. The largest absolute Gasteiger partial charge is 0.520 e. The van der Waals surface area contributed by atoms with Gasteiger partial charge < -0.3 is 42.6 Å². The van der Waals surface area contributed by atoms with Gasteiger partial charge in [-0.3, -0.25) is 21.5 Å². The second-order valence-corrected chi connectivity index (χ2v) is 25.3. The molecule has 100 heavy (non-hydrogen) atoms. The summed E-state index contributed by atoms with van der Waals surface area (Å²) in [6, 6.07) is 31.2. The minimum Gasteiger partial charge on any atom is -0.520 e. The van der Waals surface area contributed by atoms with Crippen LogP contribution in [0.15, 0.2) is 148 Å². The third kappa shape index (κ3) is 29.8. The number of hydrogen-bond acceptors (Lipinski definition) is 8. The molecule has 8 aromatic rings. The Morgan fingerprint density at radius 2 is 0.680 bits per heavy atom. The molecule has 4 N–H and O–H groups in total. The van der Waals surface area contributed by atoms with Crippen molar-refractivity contribution < 1.29 is 151 Å². The number of phenolic OH excluding ortho intramolecular Hbond substituents is 4. The number of rotatable bonds is 12. The van der Waals surface area contributed by atoms with Crippen molar-refractivity contribution in [1.29, 1.82) is 0 Å². The number of allylic oxidation sites excluding steroid dienone is 4. The number of benzene rings is 4. The normalized spacial score (nSPS) is 14.9. The number of aromatic nitrogens is 8. The van der Waals surface area contributed by atoms with E-state index in [0.717, 1.165) is 35.1 Å². The zero-order valence-corrected chi connectivity index (χ0v) is 72.5. The van der Waals surface area contributed by atoms with Gasteiger partial charge in [-0.25, -0.2) is 0 Å². The Bertz CT molecular complexity index is 3270. The molecule has 2 atom stereocenters. The van der Waals surface area contributed by atoms with Crippen LogP contribution in [0.25, 0.3) is 35.5 Å². The van der Waals surface area contributed by atoms with E-state index >= 15 is 0 Å². The van der Waals surface area contributed by atoms with Gasteiger partial charge in [0.2, 0.25) is 0 Å². The van der Waals surface area contributed by atoms with E-state index in [1.54, 1.807) is 72.8 Å². The molecule has 4 heterocycles. The molecule has 16 heteroatoms. The summed E-state index contributed by atoms with van der Waals surface area (Å²) in [6.07, 6.45) is 46.2. The molecule has 4 aliphatic rings. The van der Waals surface area contributed by atoms with E-state index in [9.17, 15) is 20.4 Å². The van der Waals surface area contributed by atoms with E-state index in [1.807, 2.05) is 49.1 Å². The summed E-state index contributed by atoms with van der Waals surface area (Å²) in [6.45, 7) is 46.5. The first kappa shape index (κ1) is 93.3. The Morgan fingerprint density at radius 1 is 0.400 bits per heavy atom. The number of hydrogen-bond donors (Lipinski definition) is 4. The molecule has 2 saturated carbocycles. The van der Waals surface area contributed by atoms with Gasteiger partial charge in [-0.2, -0.15) is 119 Å². The summed E-state index contributed by atoms with van der Waals surface area (Å²) < 4.78 is 8.50. The Morgan fingerprint density at radius 3 is 0.900 bits per heavy atom.